The van der Waals surface area contributed by atoms with Crippen molar-refractivity contribution < 1.29 is 37.0 Å². The number of carbonyl (C=O) groups excluding carboxylic acids is 3. The van der Waals surface area contributed by atoms with E-state index in [1.165, 1.54) is 13.8 Å². The van der Waals surface area contributed by atoms with Crippen LogP contribution in [-0.4, -0.2) is 42.8 Å². The van der Waals surface area contributed by atoms with Crippen molar-refractivity contribution in [3.8, 4) is 0 Å². The van der Waals surface area contributed by atoms with Crippen LogP contribution in [0.4, 0.5) is 13.2 Å². The molecule has 0 spiro atoms. The minimum Gasteiger partial charge on any atom is -0.464 e. The maximum atomic E-state index is 12.3. The minimum atomic E-state index is -4.44. The molecule has 0 aromatic heterocycles. The quantitative estimate of drug-likeness (QED) is 0.542. The van der Waals surface area contributed by atoms with E-state index in [0.29, 0.717) is 0 Å². The molecular formula is C13H20F3NO5. The van der Waals surface area contributed by atoms with Gasteiger partial charge < -0.3 is 14.8 Å². The molecule has 128 valence electrons. The van der Waals surface area contributed by atoms with Crippen molar-refractivity contribution >= 4 is 17.8 Å². The van der Waals surface area contributed by atoms with Gasteiger partial charge >= 0.3 is 18.1 Å². The van der Waals surface area contributed by atoms with Gasteiger partial charge in [0.1, 0.15) is 0 Å². The number of esters is 2. The molecule has 0 rings (SSSR count). The van der Waals surface area contributed by atoms with Crippen molar-refractivity contribution in [1.29, 1.82) is 0 Å². The molecule has 0 radical (unpaired) electrons. The number of rotatable bonds is 8. The highest BCUT2D eigenvalue weighted by molar-refractivity contribution is 6.07. The van der Waals surface area contributed by atoms with Crippen LogP contribution in [0.3, 0.4) is 0 Å². The summed E-state index contributed by atoms with van der Waals surface area (Å²) in [6, 6.07) is 0. The number of nitrogens with one attached hydrogen (secondary N) is 1. The predicted molar refractivity (Wildman–Crippen MR) is 69.7 cm³/mol. The van der Waals surface area contributed by atoms with Gasteiger partial charge in [-0.2, -0.15) is 13.2 Å². The van der Waals surface area contributed by atoms with E-state index >= 15 is 0 Å². The molecule has 1 amide bonds. The molecule has 0 heterocycles. The number of alkyl halides is 3. The average Bonchev–Trinajstić information content (AvgIpc) is 2.35. The van der Waals surface area contributed by atoms with Gasteiger partial charge in [-0.1, -0.05) is 0 Å². The van der Waals surface area contributed by atoms with Gasteiger partial charge in [0, 0.05) is 13.3 Å². The second-order valence-electron chi connectivity index (χ2n) is 4.50. The van der Waals surface area contributed by atoms with Crippen molar-refractivity contribution in [2.45, 2.75) is 51.7 Å². The Balaban J connectivity index is 5.39. The van der Waals surface area contributed by atoms with Crippen LogP contribution in [-0.2, 0) is 23.9 Å². The number of ether oxygens (including phenoxy) is 2. The molecule has 0 fully saturated rings. The van der Waals surface area contributed by atoms with Gasteiger partial charge in [0.05, 0.1) is 13.2 Å². The summed E-state index contributed by atoms with van der Waals surface area (Å²) in [6.45, 7) is 3.78. The summed E-state index contributed by atoms with van der Waals surface area (Å²) < 4.78 is 46.3. The van der Waals surface area contributed by atoms with Gasteiger partial charge in [-0.25, -0.2) is 9.59 Å². The SMILES string of the molecule is CCOC(=O)C(CCCC(F)(F)F)(NC(C)=O)C(=O)OCC. The number of hydrogen-bond acceptors (Lipinski definition) is 5. The molecule has 0 aliphatic heterocycles. The van der Waals surface area contributed by atoms with Crippen LogP contribution in [0.2, 0.25) is 0 Å². The van der Waals surface area contributed by atoms with Crippen LogP contribution in [0.15, 0.2) is 0 Å². The second-order valence-corrected chi connectivity index (χ2v) is 4.50. The lowest BCUT2D eigenvalue weighted by molar-refractivity contribution is -0.170. The average molecular weight is 327 g/mol. The Kier molecular flexibility index (Phi) is 7.89. The zero-order chi connectivity index (χ0) is 17.4. The summed E-state index contributed by atoms with van der Waals surface area (Å²) in [5.41, 5.74) is -2.26. The lowest BCUT2D eigenvalue weighted by atomic mass is 9.92. The summed E-state index contributed by atoms with van der Waals surface area (Å²) in [5, 5.41) is 2.09. The van der Waals surface area contributed by atoms with Crippen molar-refractivity contribution in [3.05, 3.63) is 0 Å². The number of carbonyl (C=O) groups is 3. The van der Waals surface area contributed by atoms with Crippen molar-refractivity contribution in [2.24, 2.45) is 0 Å². The zero-order valence-corrected chi connectivity index (χ0v) is 12.7. The largest absolute Gasteiger partial charge is 0.464 e. The summed E-state index contributed by atoms with van der Waals surface area (Å²) in [7, 11) is 0. The highest BCUT2D eigenvalue weighted by Gasteiger charge is 2.50. The molecule has 22 heavy (non-hydrogen) atoms. The van der Waals surface area contributed by atoms with Crippen molar-refractivity contribution in [2.75, 3.05) is 13.2 Å². The smallest absolute Gasteiger partial charge is 0.389 e. The molecule has 1 N–H and O–H groups in total. The van der Waals surface area contributed by atoms with E-state index in [9.17, 15) is 27.6 Å². The summed E-state index contributed by atoms with van der Waals surface area (Å²) >= 11 is 0. The summed E-state index contributed by atoms with van der Waals surface area (Å²) in [6.07, 6.45) is -6.75. The maximum absolute atomic E-state index is 12.3. The lowest BCUT2D eigenvalue weighted by Gasteiger charge is -2.29. The summed E-state index contributed by atoms with van der Waals surface area (Å²) in [4.78, 5) is 35.4. The van der Waals surface area contributed by atoms with Gasteiger partial charge in [0.15, 0.2) is 0 Å². The van der Waals surface area contributed by atoms with Gasteiger partial charge in [0.2, 0.25) is 11.4 Å². The van der Waals surface area contributed by atoms with Gasteiger partial charge in [0.25, 0.3) is 0 Å². The number of amides is 1. The topological polar surface area (TPSA) is 81.7 Å². The number of halogens is 3. The molecule has 6 nitrogen and oxygen atoms in total. The Morgan fingerprint density at radius 2 is 1.41 bits per heavy atom. The van der Waals surface area contributed by atoms with Crippen LogP contribution in [0.5, 0.6) is 0 Å². The van der Waals surface area contributed by atoms with E-state index in [-0.39, 0.29) is 13.2 Å². The Bertz CT molecular complexity index is 391. The number of hydrogen-bond donors (Lipinski definition) is 1. The van der Waals surface area contributed by atoms with Crippen LogP contribution in [0.1, 0.15) is 40.0 Å². The molecule has 9 heteroatoms. The second kappa shape index (κ2) is 8.60. The Morgan fingerprint density at radius 1 is 0.955 bits per heavy atom. The molecule has 0 aromatic carbocycles. The normalized spacial score (nSPS) is 11.7. The van der Waals surface area contributed by atoms with Crippen molar-refractivity contribution in [1.82, 2.24) is 5.32 Å². The molecule has 0 unspecified atom stereocenters. The first-order chi connectivity index (χ1) is 10.1. The zero-order valence-electron chi connectivity index (χ0n) is 12.7. The molecule has 0 aliphatic carbocycles. The monoisotopic (exact) mass is 327 g/mol. The van der Waals surface area contributed by atoms with Crippen LogP contribution >= 0.6 is 0 Å². The molecule has 0 saturated heterocycles. The molecule has 0 bridgehead atoms. The molecule has 0 saturated carbocycles. The van der Waals surface area contributed by atoms with Gasteiger partial charge in [-0.05, 0) is 26.7 Å². The fraction of sp³-hybridized carbons (Fsp3) is 0.769. The Morgan fingerprint density at radius 3 is 1.73 bits per heavy atom. The summed E-state index contributed by atoms with van der Waals surface area (Å²) in [5.74, 6) is -3.02. The minimum absolute atomic E-state index is 0.0984. The third-order valence-corrected chi connectivity index (χ3v) is 2.65. The molecule has 0 atom stereocenters. The van der Waals surface area contributed by atoms with E-state index in [1.807, 2.05) is 0 Å². The predicted octanol–water partition coefficient (Wildman–Crippen LogP) is 1.72. The highest BCUT2D eigenvalue weighted by atomic mass is 19.4. The molecule has 0 aromatic rings. The lowest BCUT2D eigenvalue weighted by Crippen LogP contribution is -2.61. The fourth-order valence-electron chi connectivity index (χ4n) is 1.82. The third kappa shape index (κ3) is 6.31. The van der Waals surface area contributed by atoms with E-state index in [0.717, 1.165) is 6.92 Å². The van der Waals surface area contributed by atoms with Crippen LogP contribution < -0.4 is 5.32 Å². The first-order valence-corrected chi connectivity index (χ1v) is 6.79. The third-order valence-electron chi connectivity index (χ3n) is 2.65. The fourth-order valence-corrected chi connectivity index (χ4v) is 1.82. The van der Waals surface area contributed by atoms with E-state index in [1.54, 1.807) is 0 Å². The van der Waals surface area contributed by atoms with Gasteiger partial charge in [-0.3, -0.25) is 4.79 Å². The van der Waals surface area contributed by atoms with E-state index in [4.69, 9.17) is 9.47 Å². The first-order valence-electron chi connectivity index (χ1n) is 6.79. The van der Waals surface area contributed by atoms with E-state index < -0.39 is 48.8 Å². The van der Waals surface area contributed by atoms with Gasteiger partial charge in [-0.15, -0.1) is 0 Å². The first kappa shape index (κ1) is 20.2. The van der Waals surface area contributed by atoms with Crippen LogP contribution in [0.25, 0.3) is 0 Å². The maximum Gasteiger partial charge on any atom is 0.389 e. The molecular weight excluding hydrogens is 307 g/mol. The standard InChI is InChI=1S/C13H20F3NO5/c1-4-21-10(19)12(17-9(3)18,11(20)22-5-2)7-6-8-13(14,15)16/h4-8H2,1-3H3,(H,17,18). The highest BCUT2D eigenvalue weighted by Crippen LogP contribution is 2.26. The van der Waals surface area contributed by atoms with Crippen LogP contribution in [0, 0.1) is 0 Å². The van der Waals surface area contributed by atoms with E-state index in [2.05, 4.69) is 5.32 Å². The Labute approximate surface area is 126 Å². The Hall–Kier alpha value is -1.80. The molecule has 0 aliphatic rings. The van der Waals surface area contributed by atoms with Crippen molar-refractivity contribution in [3.63, 3.8) is 0 Å².